The molecule has 5 aromatic carbocycles. The van der Waals surface area contributed by atoms with Gasteiger partial charge in [0.15, 0.2) is 0 Å². The second kappa shape index (κ2) is 4.93. The summed E-state index contributed by atoms with van der Waals surface area (Å²) in [6, 6.07) is 29.5. The summed E-state index contributed by atoms with van der Waals surface area (Å²) < 4.78 is 12.7. The second-order valence-electron chi connectivity index (χ2n) is 7.34. The first-order valence-electron chi connectivity index (χ1n) is 9.45. The van der Waals surface area contributed by atoms with Crippen molar-refractivity contribution in [2.75, 3.05) is 0 Å². The fourth-order valence-electron chi connectivity index (χ4n) is 4.70. The highest BCUT2D eigenvalue weighted by Gasteiger charge is 2.16. The van der Waals surface area contributed by atoms with Gasteiger partial charge in [0, 0.05) is 27.6 Å². The second-order valence-corrected chi connectivity index (χ2v) is 7.34. The van der Waals surface area contributed by atoms with Crippen molar-refractivity contribution in [3.63, 3.8) is 0 Å². The minimum atomic E-state index is 0.848. The molecular weight excluding hydrogens is 344 g/mol. The summed E-state index contributed by atoms with van der Waals surface area (Å²) in [6.45, 7) is 0. The molecule has 7 rings (SSSR count). The number of rotatable bonds is 0. The van der Waals surface area contributed by atoms with Gasteiger partial charge in [0.25, 0.3) is 0 Å². The molecule has 0 N–H and O–H groups in total. The van der Waals surface area contributed by atoms with Crippen molar-refractivity contribution < 1.29 is 8.83 Å². The van der Waals surface area contributed by atoms with Crippen LogP contribution < -0.4 is 0 Å². The van der Waals surface area contributed by atoms with Crippen LogP contribution in [0, 0.1) is 0 Å². The van der Waals surface area contributed by atoms with Crippen LogP contribution in [-0.4, -0.2) is 0 Å². The van der Waals surface area contributed by atoms with E-state index in [1.165, 1.54) is 21.5 Å². The number of para-hydroxylation sites is 1. The zero-order chi connectivity index (χ0) is 18.2. The van der Waals surface area contributed by atoms with Crippen molar-refractivity contribution in [1.29, 1.82) is 0 Å². The number of benzene rings is 5. The Kier molecular flexibility index (Phi) is 2.52. The summed E-state index contributed by atoms with van der Waals surface area (Å²) in [4.78, 5) is 0. The van der Waals surface area contributed by atoms with Crippen LogP contribution in [0.1, 0.15) is 0 Å². The third-order valence-corrected chi connectivity index (χ3v) is 5.84. The molecule has 0 atom stereocenters. The summed E-state index contributed by atoms with van der Waals surface area (Å²) >= 11 is 0. The Balaban J connectivity index is 1.89. The average molecular weight is 358 g/mol. The van der Waals surface area contributed by atoms with E-state index in [1.807, 2.05) is 30.3 Å². The van der Waals surface area contributed by atoms with Crippen LogP contribution >= 0.6 is 0 Å². The SMILES string of the molecule is c1ccc2c(c1)oc1cc3oc4cccc5cccc(c6cccc(c12)c36)c54. The first-order chi connectivity index (χ1) is 13.9. The highest BCUT2D eigenvalue weighted by molar-refractivity contribution is 6.30. The fourth-order valence-corrected chi connectivity index (χ4v) is 4.70. The van der Waals surface area contributed by atoms with Gasteiger partial charge in [-0.1, -0.05) is 66.7 Å². The molecule has 0 aliphatic heterocycles. The third kappa shape index (κ3) is 1.68. The molecule has 0 aliphatic carbocycles. The van der Waals surface area contributed by atoms with Gasteiger partial charge in [-0.15, -0.1) is 0 Å². The van der Waals surface area contributed by atoms with E-state index in [1.54, 1.807) is 0 Å². The summed E-state index contributed by atoms with van der Waals surface area (Å²) in [6.07, 6.45) is 0. The number of hydrogen-bond acceptors (Lipinski definition) is 2. The van der Waals surface area contributed by atoms with Crippen LogP contribution in [0.4, 0.5) is 0 Å². The van der Waals surface area contributed by atoms with E-state index < -0.39 is 0 Å². The molecule has 2 nitrogen and oxygen atoms in total. The van der Waals surface area contributed by atoms with Crippen LogP contribution in [0.25, 0.3) is 65.4 Å². The van der Waals surface area contributed by atoms with Crippen LogP contribution in [0.5, 0.6) is 0 Å². The van der Waals surface area contributed by atoms with E-state index >= 15 is 0 Å². The van der Waals surface area contributed by atoms with E-state index in [2.05, 4.69) is 54.6 Å². The molecule has 2 aromatic heterocycles. The largest absolute Gasteiger partial charge is 0.456 e. The Bertz CT molecular complexity index is 1710. The molecule has 0 fully saturated rings. The molecule has 130 valence electrons. The topological polar surface area (TPSA) is 26.3 Å². The lowest BCUT2D eigenvalue weighted by Crippen LogP contribution is -1.78. The van der Waals surface area contributed by atoms with Crippen LogP contribution in [-0.2, 0) is 0 Å². The van der Waals surface area contributed by atoms with Crippen molar-refractivity contribution in [2.24, 2.45) is 0 Å². The van der Waals surface area contributed by atoms with Gasteiger partial charge in [-0.25, -0.2) is 0 Å². The fraction of sp³-hybridized carbons (Fsp3) is 0. The Morgan fingerprint density at radius 1 is 0.393 bits per heavy atom. The molecule has 2 heterocycles. The minimum absolute atomic E-state index is 0.848. The van der Waals surface area contributed by atoms with Crippen molar-refractivity contribution in [2.45, 2.75) is 0 Å². The Morgan fingerprint density at radius 3 is 1.86 bits per heavy atom. The summed E-state index contributed by atoms with van der Waals surface area (Å²) in [5.74, 6) is 0. The quantitative estimate of drug-likeness (QED) is 0.276. The highest BCUT2D eigenvalue weighted by Crippen LogP contribution is 2.42. The number of furan rings is 1. The van der Waals surface area contributed by atoms with Gasteiger partial charge in [0.2, 0.25) is 0 Å². The molecule has 0 radical (unpaired) electrons. The maximum atomic E-state index is 6.49. The van der Waals surface area contributed by atoms with E-state index in [0.29, 0.717) is 0 Å². The van der Waals surface area contributed by atoms with E-state index in [0.717, 1.165) is 43.9 Å². The molecule has 28 heavy (non-hydrogen) atoms. The summed E-state index contributed by atoms with van der Waals surface area (Å²) in [7, 11) is 0. The molecule has 0 saturated heterocycles. The first-order valence-corrected chi connectivity index (χ1v) is 9.45. The van der Waals surface area contributed by atoms with E-state index in [-0.39, 0.29) is 0 Å². The van der Waals surface area contributed by atoms with E-state index in [9.17, 15) is 0 Å². The van der Waals surface area contributed by atoms with Gasteiger partial charge in [0.1, 0.15) is 22.3 Å². The van der Waals surface area contributed by atoms with Crippen LogP contribution in [0.15, 0.2) is 93.8 Å². The third-order valence-electron chi connectivity index (χ3n) is 5.84. The smallest absolute Gasteiger partial charge is 0.139 e. The monoisotopic (exact) mass is 358 g/mol. The van der Waals surface area contributed by atoms with Crippen molar-refractivity contribution in [3.05, 3.63) is 84.9 Å². The molecule has 0 amide bonds. The lowest BCUT2D eigenvalue weighted by atomic mass is 9.97. The van der Waals surface area contributed by atoms with Crippen molar-refractivity contribution in [1.82, 2.24) is 0 Å². The maximum Gasteiger partial charge on any atom is 0.139 e. The van der Waals surface area contributed by atoms with Crippen molar-refractivity contribution in [3.8, 4) is 0 Å². The van der Waals surface area contributed by atoms with Crippen LogP contribution in [0.3, 0.4) is 0 Å². The van der Waals surface area contributed by atoms with Crippen LogP contribution in [0.2, 0.25) is 0 Å². The molecule has 0 spiro atoms. The maximum absolute atomic E-state index is 6.49. The predicted octanol–water partition coefficient (Wildman–Crippen LogP) is 7.79. The van der Waals surface area contributed by atoms with Gasteiger partial charge in [-0.3, -0.25) is 0 Å². The number of hydrogen-bond donors (Lipinski definition) is 0. The molecule has 2 heteroatoms. The molecule has 7 aromatic rings. The lowest BCUT2D eigenvalue weighted by molar-refractivity contribution is 0.653. The lowest BCUT2D eigenvalue weighted by Gasteiger charge is -2.04. The zero-order valence-corrected chi connectivity index (χ0v) is 14.9. The molecule has 0 saturated carbocycles. The zero-order valence-electron chi connectivity index (χ0n) is 14.9. The number of fused-ring (bicyclic) bond motifs is 5. The molecular formula is C26H14O2. The van der Waals surface area contributed by atoms with Gasteiger partial charge < -0.3 is 8.83 Å². The first kappa shape index (κ1) is 14.3. The average Bonchev–Trinajstić information content (AvgIpc) is 3.05. The van der Waals surface area contributed by atoms with E-state index in [4.69, 9.17) is 8.83 Å². The Hall–Kier alpha value is -3.78. The van der Waals surface area contributed by atoms with Gasteiger partial charge in [-0.2, -0.15) is 0 Å². The minimum Gasteiger partial charge on any atom is -0.456 e. The standard InChI is InChI=1S/C26H14O2/c1-2-12-20-18(8-1)26-19-11-5-10-17-16-9-3-6-15-7-4-13-21(24(15)16)28-22(25(17)19)14-23(26)27-20/h1-14H. The molecule has 0 aliphatic rings. The molecule has 0 unspecified atom stereocenters. The predicted molar refractivity (Wildman–Crippen MR) is 116 cm³/mol. The van der Waals surface area contributed by atoms with Gasteiger partial charge in [-0.05, 0) is 33.7 Å². The van der Waals surface area contributed by atoms with Crippen molar-refractivity contribution >= 4 is 65.4 Å². The van der Waals surface area contributed by atoms with Gasteiger partial charge >= 0.3 is 0 Å². The van der Waals surface area contributed by atoms with Gasteiger partial charge in [0.05, 0.1) is 0 Å². The molecule has 0 bridgehead atoms. The summed E-state index contributed by atoms with van der Waals surface area (Å²) in [5, 5.41) is 9.37. The normalized spacial score (nSPS) is 12.3. The Labute approximate surface area is 159 Å². The summed E-state index contributed by atoms with van der Waals surface area (Å²) in [5.41, 5.74) is 3.50. The Morgan fingerprint density at radius 2 is 0.964 bits per heavy atom. The highest BCUT2D eigenvalue weighted by atomic mass is 16.3.